The number of fused-ring (bicyclic) bond motifs is 1. The zero-order valence-electron chi connectivity index (χ0n) is 13.6. The molecule has 9 heteroatoms. The Morgan fingerprint density at radius 1 is 1.20 bits per heavy atom. The molecule has 2 aromatic heterocycles. The van der Waals surface area contributed by atoms with Crippen LogP contribution in [0.2, 0.25) is 0 Å². The molecular weight excluding hydrogens is 350 g/mol. The zero-order chi connectivity index (χ0) is 18.2. The third kappa shape index (κ3) is 3.46. The topological polar surface area (TPSA) is 76.4 Å². The van der Waals surface area contributed by atoms with E-state index in [2.05, 4.69) is 14.8 Å². The first-order valence-electron chi connectivity index (χ1n) is 7.54. The standard InChI is InChI=1S/C16H16F2N4O2S/c1-10(2)13-6-7-14-16(19-9-20-22(13)14)21-25(23,24)8-11-4-3-5-12(17)15(11)18/h3-7,9-10H,8H2,1-2H3,(H,19,20,21). The van der Waals surface area contributed by atoms with Crippen LogP contribution in [0.4, 0.5) is 14.6 Å². The predicted octanol–water partition coefficient (Wildman–Crippen LogP) is 3.07. The van der Waals surface area contributed by atoms with Crippen LogP contribution in [0.1, 0.15) is 31.0 Å². The summed E-state index contributed by atoms with van der Waals surface area (Å²) in [6.07, 6.45) is 1.24. The summed E-state index contributed by atoms with van der Waals surface area (Å²) in [6.45, 7) is 3.97. The van der Waals surface area contributed by atoms with E-state index in [1.54, 1.807) is 10.6 Å². The van der Waals surface area contributed by atoms with Crippen LogP contribution in [0.15, 0.2) is 36.7 Å². The Hall–Kier alpha value is -2.55. The molecule has 25 heavy (non-hydrogen) atoms. The quantitative estimate of drug-likeness (QED) is 0.753. The first kappa shape index (κ1) is 17.3. The van der Waals surface area contributed by atoms with E-state index in [0.29, 0.717) is 5.52 Å². The minimum atomic E-state index is -3.99. The fourth-order valence-electron chi connectivity index (χ4n) is 2.52. The molecule has 0 saturated carbocycles. The molecule has 0 aliphatic heterocycles. The largest absolute Gasteiger partial charge is 0.265 e. The van der Waals surface area contributed by atoms with Gasteiger partial charge < -0.3 is 0 Å². The molecule has 0 saturated heterocycles. The Morgan fingerprint density at radius 3 is 2.68 bits per heavy atom. The Morgan fingerprint density at radius 2 is 1.96 bits per heavy atom. The Kier molecular flexibility index (Phi) is 4.42. The highest BCUT2D eigenvalue weighted by Crippen LogP contribution is 2.23. The van der Waals surface area contributed by atoms with Crippen molar-refractivity contribution in [3.05, 3.63) is 59.6 Å². The van der Waals surface area contributed by atoms with Crippen molar-refractivity contribution in [1.29, 1.82) is 0 Å². The number of nitrogens with one attached hydrogen (secondary N) is 1. The van der Waals surface area contributed by atoms with Gasteiger partial charge in [-0.1, -0.05) is 26.0 Å². The molecule has 1 aromatic carbocycles. The highest BCUT2D eigenvalue weighted by molar-refractivity contribution is 7.91. The second-order valence-electron chi connectivity index (χ2n) is 5.89. The summed E-state index contributed by atoms with van der Waals surface area (Å²) in [4.78, 5) is 3.96. The van der Waals surface area contributed by atoms with Crippen molar-refractivity contribution in [3.63, 3.8) is 0 Å². The van der Waals surface area contributed by atoms with E-state index in [1.165, 1.54) is 18.5 Å². The smallest absolute Gasteiger partial charge is 0.238 e. The van der Waals surface area contributed by atoms with Gasteiger partial charge >= 0.3 is 0 Å². The van der Waals surface area contributed by atoms with Gasteiger partial charge in [0.1, 0.15) is 11.8 Å². The van der Waals surface area contributed by atoms with Crippen molar-refractivity contribution in [2.24, 2.45) is 0 Å². The van der Waals surface area contributed by atoms with E-state index in [-0.39, 0.29) is 17.3 Å². The Balaban J connectivity index is 1.93. The molecule has 0 spiro atoms. The molecule has 132 valence electrons. The van der Waals surface area contributed by atoms with Gasteiger partial charge in [-0.2, -0.15) is 5.10 Å². The van der Waals surface area contributed by atoms with Crippen LogP contribution >= 0.6 is 0 Å². The molecule has 3 aromatic rings. The summed E-state index contributed by atoms with van der Waals surface area (Å²) in [6, 6.07) is 6.95. The van der Waals surface area contributed by atoms with Crippen LogP contribution in [-0.4, -0.2) is 23.0 Å². The first-order chi connectivity index (χ1) is 11.8. The highest BCUT2D eigenvalue weighted by atomic mass is 32.2. The van der Waals surface area contributed by atoms with Gasteiger partial charge in [0.25, 0.3) is 0 Å². The fraction of sp³-hybridized carbons (Fsp3) is 0.250. The number of nitrogens with zero attached hydrogens (tertiary/aromatic N) is 3. The summed E-state index contributed by atoms with van der Waals surface area (Å²) in [5, 5.41) is 4.12. The number of sulfonamides is 1. The van der Waals surface area contributed by atoms with Crippen LogP contribution in [0.5, 0.6) is 0 Å². The van der Waals surface area contributed by atoms with E-state index in [0.717, 1.165) is 11.8 Å². The maximum Gasteiger partial charge on any atom is 0.238 e. The summed E-state index contributed by atoms with van der Waals surface area (Å²) >= 11 is 0. The maximum atomic E-state index is 13.7. The van der Waals surface area contributed by atoms with Crippen LogP contribution in [0.25, 0.3) is 5.52 Å². The lowest BCUT2D eigenvalue weighted by molar-refractivity contribution is 0.501. The molecule has 0 aliphatic carbocycles. The fourth-order valence-corrected chi connectivity index (χ4v) is 3.67. The lowest BCUT2D eigenvalue weighted by Crippen LogP contribution is -2.18. The minimum absolute atomic E-state index is 0.0821. The number of hydrogen-bond acceptors (Lipinski definition) is 4. The van der Waals surface area contributed by atoms with Crippen LogP contribution < -0.4 is 4.72 Å². The lowest BCUT2D eigenvalue weighted by atomic mass is 10.1. The molecule has 3 rings (SSSR count). The van der Waals surface area contributed by atoms with Gasteiger partial charge in [-0.3, -0.25) is 4.72 Å². The molecule has 2 heterocycles. The molecule has 6 nitrogen and oxygen atoms in total. The SMILES string of the molecule is CC(C)c1ccc2c(NS(=O)(=O)Cc3cccc(F)c3F)ncnn12. The molecule has 0 bridgehead atoms. The van der Waals surface area contributed by atoms with Gasteiger partial charge in [0.2, 0.25) is 10.0 Å². The van der Waals surface area contributed by atoms with Crippen LogP contribution in [0.3, 0.4) is 0 Å². The number of halogens is 2. The second kappa shape index (κ2) is 6.40. The van der Waals surface area contributed by atoms with Crippen molar-refractivity contribution in [3.8, 4) is 0 Å². The third-order valence-corrected chi connectivity index (χ3v) is 4.90. The average Bonchev–Trinajstić information content (AvgIpc) is 2.97. The molecule has 0 unspecified atom stereocenters. The number of aromatic nitrogens is 3. The summed E-state index contributed by atoms with van der Waals surface area (Å²) in [5.74, 6) is -2.71. The molecule has 1 N–H and O–H groups in total. The average molecular weight is 366 g/mol. The van der Waals surface area contributed by atoms with Crippen molar-refractivity contribution in [1.82, 2.24) is 14.6 Å². The van der Waals surface area contributed by atoms with Crippen molar-refractivity contribution in [2.75, 3.05) is 4.72 Å². The second-order valence-corrected chi connectivity index (χ2v) is 7.61. The van der Waals surface area contributed by atoms with Crippen molar-refractivity contribution >= 4 is 21.4 Å². The number of anilines is 1. The van der Waals surface area contributed by atoms with Gasteiger partial charge in [-0.15, -0.1) is 0 Å². The van der Waals surface area contributed by atoms with E-state index in [1.807, 2.05) is 19.9 Å². The zero-order valence-corrected chi connectivity index (χ0v) is 14.4. The van der Waals surface area contributed by atoms with Crippen LogP contribution in [-0.2, 0) is 15.8 Å². The predicted molar refractivity (Wildman–Crippen MR) is 89.7 cm³/mol. The Labute approximate surface area is 143 Å². The molecule has 0 amide bonds. The summed E-state index contributed by atoms with van der Waals surface area (Å²) < 4.78 is 55.6. The highest BCUT2D eigenvalue weighted by Gasteiger charge is 2.19. The number of rotatable bonds is 5. The third-order valence-electron chi connectivity index (χ3n) is 3.70. The lowest BCUT2D eigenvalue weighted by Gasteiger charge is -2.10. The molecule has 0 aliphatic rings. The van der Waals surface area contributed by atoms with Crippen LogP contribution in [0, 0.1) is 11.6 Å². The first-order valence-corrected chi connectivity index (χ1v) is 9.20. The van der Waals surface area contributed by atoms with Gasteiger partial charge in [0.15, 0.2) is 17.5 Å². The normalized spacial score (nSPS) is 12.0. The number of hydrogen-bond donors (Lipinski definition) is 1. The monoisotopic (exact) mass is 366 g/mol. The molecule has 0 radical (unpaired) electrons. The minimum Gasteiger partial charge on any atom is -0.265 e. The van der Waals surface area contributed by atoms with Gasteiger partial charge in [-0.05, 0) is 24.1 Å². The van der Waals surface area contributed by atoms with Crippen molar-refractivity contribution in [2.45, 2.75) is 25.5 Å². The molecule has 0 fully saturated rings. The van der Waals surface area contributed by atoms with E-state index >= 15 is 0 Å². The Bertz CT molecular complexity index is 1030. The van der Waals surface area contributed by atoms with E-state index < -0.39 is 27.4 Å². The molecule has 0 atom stereocenters. The number of benzene rings is 1. The van der Waals surface area contributed by atoms with Gasteiger partial charge in [0.05, 0.1) is 5.75 Å². The van der Waals surface area contributed by atoms with E-state index in [4.69, 9.17) is 0 Å². The maximum absolute atomic E-state index is 13.7. The summed E-state index contributed by atoms with van der Waals surface area (Å²) in [5.41, 5.74) is 1.12. The summed E-state index contributed by atoms with van der Waals surface area (Å²) in [7, 11) is -3.99. The van der Waals surface area contributed by atoms with Gasteiger partial charge in [-0.25, -0.2) is 26.7 Å². The van der Waals surface area contributed by atoms with E-state index in [9.17, 15) is 17.2 Å². The van der Waals surface area contributed by atoms with Gasteiger partial charge in [0, 0.05) is 11.3 Å². The molecular formula is C16H16F2N4O2S. The van der Waals surface area contributed by atoms with Crippen molar-refractivity contribution < 1.29 is 17.2 Å².